The van der Waals surface area contributed by atoms with Crippen molar-refractivity contribution in [3.05, 3.63) is 11.8 Å². The van der Waals surface area contributed by atoms with Crippen LogP contribution < -0.4 is 0 Å². The molecule has 2 aliphatic rings. The first-order valence-electron chi connectivity index (χ1n) is 7.15. The average Bonchev–Trinajstić information content (AvgIpc) is 2.49. The Morgan fingerprint density at radius 2 is 2.16 bits per heavy atom. The van der Waals surface area contributed by atoms with E-state index >= 15 is 0 Å². The molecule has 0 spiro atoms. The van der Waals surface area contributed by atoms with E-state index in [1.54, 1.807) is 20.1 Å². The highest BCUT2D eigenvalue weighted by Gasteiger charge is 2.40. The molecule has 1 fully saturated rings. The van der Waals surface area contributed by atoms with Gasteiger partial charge >= 0.3 is 5.97 Å². The predicted molar refractivity (Wildman–Crippen MR) is 71.2 cm³/mol. The van der Waals surface area contributed by atoms with Crippen LogP contribution in [0, 0.1) is 23.7 Å². The van der Waals surface area contributed by atoms with Crippen LogP contribution in [0.15, 0.2) is 11.8 Å². The second-order valence-corrected chi connectivity index (χ2v) is 6.34. The van der Waals surface area contributed by atoms with Gasteiger partial charge in [0.1, 0.15) is 0 Å². The maximum absolute atomic E-state index is 11.3. The Bertz CT molecular complexity index is 386. The van der Waals surface area contributed by atoms with E-state index in [0.717, 1.165) is 24.8 Å². The second kappa shape index (κ2) is 5.16. The first-order valence-corrected chi connectivity index (χ1v) is 7.15. The lowest BCUT2D eigenvalue weighted by molar-refractivity contribution is -0.155. The van der Waals surface area contributed by atoms with Crippen LogP contribution in [0.25, 0.3) is 0 Å². The molecule has 0 radical (unpaired) electrons. The van der Waals surface area contributed by atoms with E-state index in [4.69, 9.17) is 4.74 Å². The fourth-order valence-electron chi connectivity index (χ4n) is 3.43. The number of carboxylic acid groups (broad SMARTS) is 1. The van der Waals surface area contributed by atoms with E-state index in [1.807, 2.05) is 0 Å². The fraction of sp³-hybridized carbons (Fsp3) is 0.800. The Labute approximate surface area is 114 Å². The van der Waals surface area contributed by atoms with Crippen molar-refractivity contribution in [1.29, 1.82) is 0 Å². The first-order chi connectivity index (χ1) is 8.82. The third-order valence-electron chi connectivity index (χ3n) is 4.84. The fourth-order valence-corrected chi connectivity index (χ4v) is 3.43. The van der Waals surface area contributed by atoms with Gasteiger partial charge in [-0.1, -0.05) is 13.8 Å². The smallest absolute Gasteiger partial charge is 0.306 e. The van der Waals surface area contributed by atoms with Crippen molar-refractivity contribution >= 4 is 5.97 Å². The summed E-state index contributed by atoms with van der Waals surface area (Å²) >= 11 is 0. The quantitative estimate of drug-likeness (QED) is 0.808. The molecule has 0 aromatic rings. The SMILES string of the molecule is C[C@@H]1CC[C@@H]([C@@H](C)C(=O)O)C2=COC(C)(O)CC[C@H]21. The highest BCUT2D eigenvalue weighted by Crippen LogP contribution is 2.46. The molecular formula is C15H24O4. The molecule has 2 N–H and O–H groups in total. The van der Waals surface area contributed by atoms with Gasteiger partial charge in [-0.05, 0) is 42.6 Å². The molecule has 1 heterocycles. The summed E-state index contributed by atoms with van der Waals surface area (Å²) in [6, 6.07) is 0. The molecule has 0 amide bonds. The van der Waals surface area contributed by atoms with Crippen LogP contribution in [-0.4, -0.2) is 22.0 Å². The van der Waals surface area contributed by atoms with Crippen molar-refractivity contribution in [3.8, 4) is 0 Å². The zero-order valence-electron chi connectivity index (χ0n) is 11.9. The molecule has 4 heteroatoms. The lowest BCUT2D eigenvalue weighted by atomic mass is 9.66. The molecule has 1 aliphatic carbocycles. The summed E-state index contributed by atoms with van der Waals surface area (Å²) < 4.78 is 5.47. The van der Waals surface area contributed by atoms with Gasteiger partial charge in [0.25, 0.3) is 0 Å². The Morgan fingerprint density at radius 3 is 2.79 bits per heavy atom. The van der Waals surface area contributed by atoms with Crippen LogP contribution in [0.5, 0.6) is 0 Å². The number of allylic oxidation sites excluding steroid dienone is 1. The highest BCUT2D eigenvalue weighted by atomic mass is 16.6. The van der Waals surface area contributed by atoms with Gasteiger partial charge in [-0.15, -0.1) is 0 Å². The maximum Gasteiger partial charge on any atom is 0.306 e. The Hall–Kier alpha value is -1.03. The number of aliphatic carboxylic acids is 1. The minimum absolute atomic E-state index is 0.0348. The molecule has 0 aromatic heterocycles. The van der Waals surface area contributed by atoms with Crippen LogP contribution in [0.1, 0.15) is 46.5 Å². The summed E-state index contributed by atoms with van der Waals surface area (Å²) in [6.07, 6.45) is 5.05. The summed E-state index contributed by atoms with van der Waals surface area (Å²) in [5, 5.41) is 19.3. The minimum atomic E-state index is -1.12. The molecule has 5 atom stereocenters. The van der Waals surface area contributed by atoms with Gasteiger partial charge in [0.05, 0.1) is 12.2 Å². The standard InChI is InChI=1S/C15H24O4/c1-9-4-5-12(10(2)14(16)17)13-8-19-15(3,18)7-6-11(9)13/h8-12,18H,4-7H2,1-3H3,(H,16,17)/t9-,10-,11+,12+,15?/m1/s1. The molecule has 1 saturated carbocycles. The number of carboxylic acids is 1. The Morgan fingerprint density at radius 1 is 1.47 bits per heavy atom. The summed E-state index contributed by atoms with van der Waals surface area (Å²) in [5.41, 5.74) is 1.09. The zero-order valence-corrected chi connectivity index (χ0v) is 11.9. The topological polar surface area (TPSA) is 66.8 Å². The van der Waals surface area contributed by atoms with Gasteiger partial charge < -0.3 is 14.9 Å². The second-order valence-electron chi connectivity index (χ2n) is 6.34. The van der Waals surface area contributed by atoms with E-state index in [2.05, 4.69) is 6.92 Å². The van der Waals surface area contributed by atoms with Crippen molar-refractivity contribution in [1.82, 2.24) is 0 Å². The Balaban J connectivity index is 2.28. The van der Waals surface area contributed by atoms with E-state index in [-0.39, 0.29) is 5.92 Å². The van der Waals surface area contributed by atoms with Gasteiger partial charge in [-0.3, -0.25) is 4.79 Å². The van der Waals surface area contributed by atoms with Gasteiger partial charge in [0, 0.05) is 13.3 Å². The molecule has 1 aliphatic heterocycles. The molecule has 4 nitrogen and oxygen atoms in total. The van der Waals surface area contributed by atoms with Crippen molar-refractivity contribution < 1.29 is 19.7 Å². The number of aliphatic hydroxyl groups is 1. The lowest BCUT2D eigenvalue weighted by Crippen LogP contribution is -2.32. The first kappa shape index (κ1) is 14.4. The molecule has 0 saturated heterocycles. The van der Waals surface area contributed by atoms with Crippen molar-refractivity contribution in [2.45, 2.75) is 52.2 Å². The molecule has 0 aromatic carbocycles. The normalized spacial score (nSPS) is 40.4. The van der Waals surface area contributed by atoms with Gasteiger partial charge in [0.15, 0.2) is 0 Å². The number of hydrogen-bond donors (Lipinski definition) is 2. The van der Waals surface area contributed by atoms with Crippen molar-refractivity contribution in [2.24, 2.45) is 23.7 Å². The van der Waals surface area contributed by atoms with Crippen molar-refractivity contribution in [3.63, 3.8) is 0 Å². The van der Waals surface area contributed by atoms with E-state index in [9.17, 15) is 15.0 Å². The molecule has 19 heavy (non-hydrogen) atoms. The monoisotopic (exact) mass is 268 g/mol. The van der Waals surface area contributed by atoms with Crippen LogP contribution in [0.3, 0.4) is 0 Å². The van der Waals surface area contributed by atoms with Gasteiger partial charge in [0.2, 0.25) is 5.79 Å². The van der Waals surface area contributed by atoms with Gasteiger partial charge in [-0.2, -0.15) is 0 Å². The number of ether oxygens (including phenoxy) is 1. The molecular weight excluding hydrogens is 244 g/mol. The third kappa shape index (κ3) is 2.94. The number of rotatable bonds is 2. The Kier molecular flexibility index (Phi) is 3.90. The third-order valence-corrected chi connectivity index (χ3v) is 4.84. The lowest BCUT2D eigenvalue weighted by Gasteiger charge is -2.37. The largest absolute Gasteiger partial charge is 0.481 e. The number of fused-ring (bicyclic) bond motifs is 1. The van der Waals surface area contributed by atoms with Crippen LogP contribution >= 0.6 is 0 Å². The minimum Gasteiger partial charge on any atom is -0.481 e. The van der Waals surface area contributed by atoms with Crippen LogP contribution in [0.2, 0.25) is 0 Å². The van der Waals surface area contributed by atoms with E-state index in [0.29, 0.717) is 18.3 Å². The van der Waals surface area contributed by atoms with Crippen LogP contribution in [0.4, 0.5) is 0 Å². The summed E-state index contributed by atoms with van der Waals surface area (Å²) in [6.45, 7) is 5.64. The predicted octanol–water partition coefficient (Wildman–Crippen LogP) is 2.77. The molecule has 0 bridgehead atoms. The van der Waals surface area contributed by atoms with E-state index < -0.39 is 17.7 Å². The maximum atomic E-state index is 11.3. The number of carbonyl (C=O) groups is 1. The van der Waals surface area contributed by atoms with Gasteiger partial charge in [-0.25, -0.2) is 0 Å². The summed E-state index contributed by atoms with van der Waals surface area (Å²) in [7, 11) is 0. The molecule has 1 unspecified atom stereocenters. The molecule has 2 rings (SSSR count). The summed E-state index contributed by atoms with van der Waals surface area (Å²) in [4.78, 5) is 11.3. The van der Waals surface area contributed by atoms with E-state index in [1.165, 1.54) is 0 Å². The average molecular weight is 268 g/mol. The molecule has 108 valence electrons. The van der Waals surface area contributed by atoms with Crippen molar-refractivity contribution in [2.75, 3.05) is 0 Å². The zero-order chi connectivity index (χ0) is 14.2. The summed E-state index contributed by atoms with van der Waals surface area (Å²) in [5.74, 6) is -1.37. The van der Waals surface area contributed by atoms with Crippen LogP contribution in [-0.2, 0) is 9.53 Å². The number of hydrogen-bond acceptors (Lipinski definition) is 3. The highest BCUT2D eigenvalue weighted by molar-refractivity contribution is 5.70.